The first-order valence-corrected chi connectivity index (χ1v) is 8.54. The van der Waals surface area contributed by atoms with Crippen molar-refractivity contribution in [2.75, 3.05) is 13.1 Å². The minimum Gasteiger partial charge on any atom is -0.480 e. The number of carboxylic acids is 1. The minimum absolute atomic E-state index is 0.173. The van der Waals surface area contributed by atoms with E-state index in [1.54, 1.807) is 0 Å². The number of rotatable bonds is 14. The number of hydrogen-bond acceptors (Lipinski definition) is 5. The molecule has 3 amide bonds. The quantitative estimate of drug-likeness (QED) is 0.272. The van der Waals surface area contributed by atoms with Crippen LogP contribution in [-0.4, -0.2) is 41.9 Å². The molecule has 0 fully saturated rings. The van der Waals surface area contributed by atoms with Gasteiger partial charge >= 0.3 is 5.97 Å². The van der Waals surface area contributed by atoms with Crippen molar-refractivity contribution in [3.05, 3.63) is 0 Å². The van der Waals surface area contributed by atoms with Crippen LogP contribution in [0.2, 0.25) is 0 Å². The van der Waals surface area contributed by atoms with Crippen LogP contribution in [-0.2, 0) is 19.2 Å². The zero-order valence-electron chi connectivity index (χ0n) is 14.8. The van der Waals surface area contributed by atoms with Gasteiger partial charge in [0.15, 0.2) is 0 Å². The van der Waals surface area contributed by atoms with Crippen LogP contribution in [0.1, 0.15) is 64.2 Å². The van der Waals surface area contributed by atoms with Crippen LogP contribution in [0, 0.1) is 0 Å². The fourth-order valence-corrected chi connectivity index (χ4v) is 1.91. The summed E-state index contributed by atoms with van der Waals surface area (Å²) in [4.78, 5) is 40.9. The highest BCUT2D eigenvalue weighted by molar-refractivity contribution is 5.82. The first-order valence-electron chi connectivity index (χ1n) is 8.54. The second-order valence-corrected chi connectivity index (χ2v) is 5.64. The molecule has 0 heterocycles. The van der Waals surface area contributed by atoms with Gasteiger partial charge in [-0.05, 0) is 12.8 Å². The van der Waals surface area contributed by atoms with E-state index in [1.807, 2.05) is 0 Å². The average Bonchev–Trinajstić information content (AvgIpc) is 2.54. The summed E-state index contributed by atoms with van der Waals surface area (Å²) < 4.78 is 0. The van der Waals surface area contributed by atoms with Crippen molar-refractivity contribution in [3.63, 3.8) is 0 Å². The first kappa shape index (κ1) is 25.1. The van der Waals surface area contributed by atoms with Crippen molar-refractivity contribution in [3.8, 4) is 0 Å². The number of carboxylic acid groups (broad SMARTS) is 1. The molecule has 25 heavy (non-hydrogen) atoms. The van der Waals surface area contributed by atoms with Gasteiger partial charge in [-0.25, -0.2) is 0 Å². The van der Waals surface area contributed by atoms with Gasteiger partial charge in [0, 0.05) is 12.8 Å². The summed E-state index contributed by atoms with van der Waals surface area (Å²) in [5.41, 5.74) is 14.9. The Morgan fingerprint density at radius 3 is 1.36 bits per heavy atom. The fourth-order valence-electron chi connectivity index (χ4n) is 1.91. The Hall–Kier alpha value is -2.16. The van der Waals surface area contributed by atoms with Crippen LogP contribution in [0.4, 0.5) is 0 Å². The summed E-state index contributed by atoms with van der Waals surface area (Å²) in [5, 5.41) is 10.1. The molecule has 8 N–H and O–H groups in total. The molecule has 146 valence electrons. The number of primary amides is 2. The smallest absolute Gasteiger partial charge is 0.322 e. The average molecular weight is 360 g/mol. The van der Waals surface area contributed by atoms with Crippen molar-refractivity contribution < 1.29 is 24.3 Å². The number of carbonyl (C=O) groups is 4. The van der Waals surface area contributed by atoms with Crippen molar-refractivity contribution in [1.82, 2.24) is 5.32 Å². The number of aliphatic carboxylic acids is 1. The zero-order chi connectivity index (χ0) is 19.5. The minimum atomic E-state index is -1.07. The molecule has 0 unspecified atom stereocenters. The van der Waals surface area contributed by atoms with E-state index in [4.69, 9.17) is 22.3 Å². The van der Waals surface area contributed by atoms with Crippen LogP contribution in [0.15, 0.2) is 0 Å². The van der Waals surface area contributed by atoms with E-state index in [9.17, 15) is 19.2 Å². The summed E-state index contributed by atoms with van der Waals surface area (Å²) >= 11 is 0. The Kier molecular flexibility index (Phi) is 18.2. The molecule has 0 aliphatic heterocycles. The Bertz CT molecular complexity index is 380. The van der Waals surface area contributed by atoms with Gasteiger partial charge < -0.3 is 27.6 Å². The summed E-state index contributed by atoms with van der Waals surface area (Å²) in [6.07, 6.45) is 9.77. The fraction of sp³-hybridized carbons (Fsp3) is 0.750. The third kappa shape index (κ3) is 27.0. The van der Waals surface area contributed by atoms with Gasteiger partial charge in [0.05, 0.1) is 6.54 Å². The molecule has 0 saturated heterocycles. The number of amides is 3. The Labute approximate surface area is 148 Å². The van der Waals surface area contributed by atoms with E-state index in [2.05, 4.69) is 5.32 Å². The van der Waals surface area contributed by atoms with E-state index in [1.165, 1.54) is 25.7 Å². The van der Waals surface area contributed by atoms with E-state index in [0.29, 0.717) is 12.8 Å². The number of nitrogens with one attached hydrogen (secondary N) is 1. The summed E-state index contributed by atoms with van der Waals surface area (Å²) in [5.74, 6) is -1.94. The summed E-state index contributed by atoms with van der Waals surface area (Å²) in [7, 11) is 0. The Balaban J connectivity index is 0. The molecule has 0 radical (unpaired) electrons. The van der Waals surface area contributed by atoms with Crippen LogP contribution in [0.5, 0.6) is 0 Å². The highest BCUT2D eigenvalue weighted by Crippen LogP contribution is 2.10. The molecule has 0 aromatic heterocycles. The van der Waals surface area contributed by atoms with Crippen LogP contribution >= 0.6 is 0 Å². The maximum absolute atomic E-state index is 10.4. The monoisotopic (exact) mass is 360 g/mol. The molecular formula is C16H32N4O5. The highest BCUT2D eigenvalue weighted by Gasteiger charge is 1.99. The second kappa shape index (κ2) is 18.2. The van der Waals surface area contributed by atoms with Gasteiger partial charge in [-0.2, -0.15) is 0 Å². The van der Waals surface area contributed by atoms with Gasteiger partial charge in [0.2, 0.25) is 17.7 Å². The van der Waals surface area contributed by atoms with Crippen LogP contribution in [0.25, 0.3) is 0 Å². The lowest BCUT2D eigenvalue weighted by Gasteiger charge is -2.01. The first-order chi connectivity index (χ1) is 11.8. The van der Waals surface area contributed by atoms with Gasteiger partial charge in [0.1, 0.15) is 6.54 Å². The Morgan fingerprint density at radius 1 is 0.720 bits per heavy atom. The van der Waals surface area contributed by atoms with E-state index < -0.39 is 11.9 Å². The molecule has 0 aliphatic carbocycles. The normalized spacial score (nSPS) is 9.64. The molecule has 0 aromatic carbocycles. The molecule has 0 atom stereocenters. The summed E-state index contributed by atoms with van der Waals surface area (Å²) in [6, 6.07) is 0. The predicted octanol–water partition coefficient (Wildman–Crippen LogP) is 0.00390. The van der Waals surface area contributed by atoms with Crippen molar-refractivity contribution in [2.45, 2.75) is 64.2 Å². The van der Waals surface area contributed by atoms with Gasteiger partial charge in [0.25, 0.3) is 0 Å². The molecular weight excluding hydrogens is 328 g/mol. The molecule has 0 aliphatic rings. The molecule has 0 saturated carbocycles. The maximum atomic E-state index is 10.4. The number of nitrogens with two attached hydrogens (primary N) is 3. The molecule has 9 heteroatoms. The van der Waals surface area contributed by atoms with Crippen molar-refractivity contribution >= 4 is 23.7 Å². The molecule has 0 rings (SSSR count). The number of hydrogen-bond donors (Lipinski definition) is 5. The van der Waals surface area contributed by atoms with Gasteiger partial charge in [-0.15, -0.1) is 0 Å². The third-order valence-electron chi connectivity index (χ3n) is 3.22. The van der Waals surface area contributed by atoms with E-state index in [0.717, 1.165) is 25.7 Å². The lowest BCUT2D eigenvalue weighted by atomic mass is 10.1. The summed E-state index contributed by atoms with van der Waals surface area (Å²) in [6.45, 7) is -0.538. The third-order valence-corrected chi connectivity index (χ3v) is 3.22. The molecule has 0 bridgehead atoms. The van der Waals surface area contributed by atoms with E-state index >= 15 is 0 Å². The Morgan fingerprint density at radius 2 is 1.08 bits per heavy atom. The highest BCUT2D eigenvalue weighted by atomic mass is 16.4. The molecule has 0 spiro atoms. The zero-order valence-corrected chi connectivity index (χ0v) is 14.8. The second-order valence-electron chi connectivity index (χ2n) is 5.64. The van der Waals surface area contributed by atoms with Gasteiger partial charge in [-0.3, -0.25) is 19.2 Å². The number of unbranched alkanes of at least 4 members (excludes halogenated alkanes) is 7. The number of carbonyl (C=O) groups excluding carboxylic acids is 3. The van der Waals surface area contributed by atoms with E-state index in [-0.39, 0.29) is 24.9 Å². The SMILES string of the molecule is NC(=O)CCCCCCCCCCC(N)=O.NCC(=O)NCC(=O)O. The van der Waals surface area contributed by atoms with Gasteiger partial charge in [-0.1, -0.05) is 38.5 Å². The molecule has 9 nitrogen and oxygen atoms in total. The standard InChI is InChI=1S/C12H24N2O2.C4H8N2O3/c13-11(15)9-7-5-3-1-2-4-6-8-10-12(14)16;5-1-3(7)6-2-4(8)9/h1-10H2,(H2,13,15)(H2,14,16);1-2,5H2,(H,6,7)(H,8,9). The lowest BCUT2D eigenvalue weighted by Crippen LogP contribution is -2.34. The van der Waals surface area contributed by atoms with Crippen molar-refractivity contribution in [1.29, 1.82) is 0 Å². The lowest BCUT2D eigenvalue weighted by molar-refractivity contribution is -0.137. The topological polar surface area (TPSA) is 179 Å². The van der Waals surface area contributed by atoms with Crippen LogP contribution < -0.4 is 22.5 Å². The van der Waals surface area contributed by atoms with Crippen molar-refractivity contribution in [2.24, 2.45) is 17.2 Å². The molecule has 0 aromatic rings. The predicted molar refractivity (Wildman–Crippen MR) is 94.3 cm³/mol. The largest absolute Gasteiger partial charge is 0.480 e. The maximum Gasteiger partial charge on any atom is 0.322 e. The van der Waals surface area contributed by atoms with Crippen LogP contribution in [0.3, 0.4) is 0 Å².